The lowest BCUT2D eigenvalue weighted by molar-refractivity contribution is 0.311. The van der Waals surface area contributed by atoms with Crippen LogP contribution in [-0.2, 0) is 9.84 Å². The van der Waals surface area contributed by atoms with Crippen LogP contribution in [0, 0.1) is 0 Å². The number of benzene rings is 2. The molecule has 2 N–H and O–H groups in total. The van der Waals surface area contributed by atoms with Crippen molar-refractivity contribution in [1.29, 1.82) is 0 Å². The highest BCUT2D eigenvalue weighted by Crippen LogP contribution is 2.30. The van der Waals surface area contributed by atoms with Crippen LogP contribution in [0.3, 0.4) is 0 Å². The smallest absolute Gasteiger partial charge is 0.195 e. The number of anilines is 1. The summed E-state index contributed by atoms with van der Waals surface area (Å²) >= 11 is 0. The predicted molar refractivity (Wildman–Crippen MR) is 117 cm³/mol. The van der Waals surface area contributed by atoms with Crippen molar-refractivity contribution < 1.29 is 17.9 Å². The molecule has 0 unspecified atom stereocenters. The molecule has 0 saturated heterocycles. The summed E-state index contributed by atoms with van der Waals surface area (Å²) in [6, 6.07) is 14.0. The Labute approximate surface area is 173 Å². The Balaban J connectivity index is 1.99. The molecule has 0 aliphatic heterocycles. The number of sulfone groups is 1. The van der Waals surface area contributed by atoms with Crippen LogP contribution in [0.4, 0.5) is 5.69 Å². The van der Waals surface area contributed by atoms with Crippen LogP contribution >= 0.6 is 0 Å². The van der Waals surface area contributed by atoms with E-state index in [0.717, 1.165) is 5.69 Å². The molecular formula is C21H29N3O4S. The van der Waals surface area contributed by atoms with E-state index in [4.69, 9.17) is 9.47 Å². The van der Waals surface area contributed by atoms with Crippen molar-refractivity contribution in [2.75, 3.05) is 37.9 Å². The van der Waals surface area contributed by atoms with Gasteiger partial charge in [0.25, 0.3) is 0 Å². The van der Waals surface area contributed by atoms with E-state index in [0.29, 0.717) is 48.5 Å². The highest BCUT2D eigenvalue weighted by molar-refractivity contribution is 7.91. The second-order valence-electron chi connectivity index (χ2n) is 6.17. The number of hydrogen-bond donors (Lipinski definition) is 2. The van der Waals surface area contributed by atoms with Gasteiger partial charge in [0.1, 0.15) is 0 Å². The zero-order chi connectivity index (χ0) is 21.1. The van der Waals surface area contributed by atoms with E-state index in [1.165, 1.54) is 0 Å². The van der Waals surface area contributed by atoms with Crippen LogP contribution in [0.1, 0.15) is 20.3 Å². The molecule has 0 bridgehead atoms. The summed E-state index contributed by atoms with van der Waals surface area (Å²) in [5.74, 6) is 1.93. The van der Waals surface area contributed by atoms with Crippen LogP contribution in [-0.4, -0.2) is 46.9 Å². The summed E-state index contributed by atoms with van der Waals surface area (Å²) in [5.41, 5.74) is 0.793. The van der Waals surface area contributed by atoms with Gasteiger partial charge in [-0.2, -0.15) is 0 Å². The van der Waals surface area contributed by atoms with Crippen molar-refractivity contribution in [2.24, 2.45) is 4.99 Å². The topological polar surface area (TPSA) is 89.0 Å². The first-order chi connectivity index (χ1) is 14.0. The third-order valence-corrected chi connectivity index (χ3v) is 5.83. The minimum absolute atomic E-state index is 0.0524. The molecular weight excluding hydrogens is 390 g/mol. The normalized spacial score (nSPS) is 11.8. The molecule has 0 atom stereocenters. The van der Waals surface area contributed by atoms with Gasteiger partial charge in [0, 0.05) is 24.8 Å². The van der Waals surface area contributed by atoms with Gasteiger partial charge in [-0.1, -0.05) is 18.2 Å². The predicted octanol–water partition coefficient (Wildman–Crippen LogP) is 3.34. The Morgan fingerprint density at radius 1 is 1.07 bits per heavy atom. The molecule has 0 aromatic heterocycles. The first kappa shape index (κ1) is 22.5. The van der Waals surface area contributed by atoms with Crippen molar-refractivity contribution in [2.45, 2.75) is 25.2 Å². The molecule has 0 aliphatic carbocycles. The van der Waals surface area contributed by atoms with E-state index < -0.39 is 9.84 Å². The lowest BCUT2D eigenvalue weighted by atomic mass is 10.2. The first-order valence-corrected chi connectivity index (χ1v) is 11.3. The molecule has 8 heteroatoms. The van der Waals surface area contributed by atoms with E-state index in [1.54, 1.807) is 37.4 Å². The fourth-order valence-corrected chi connectivity index (χ4v) is 3.97. The average Bonchev–Trinajstić information content (AvgIpc) is 2.73. The van der Waals surface area contributed by atoms with E-state index in [-0.39, 0.29) is 5.75 Å². The van der Waals surface area contributed by atoms with Crippen molar-refractivity contribution in [3.8, 4) is 11.5 Å². The zero-order valence-corrected chi connectivity index (χ0v) is 18.0. The van der Waals surface area contributed by atoms with Gasteiger partial charge >= 0.3 is 0 Å². The van der Waals surface area contributed by atoms with Crippen LogP contribution in [0.5, 0.6) is 11.5 Å². The largest absolute Gasteiger partial charge is 0.493 e. The third kappa shape index (κ3) is 6.98. The SMILES string of the molecule is CCNC(=NCCCS(=O)(=O)c1ccccc1)Nc1ccc(OCC)c(OC)c1. The maximum Gasteiger partial charge on any atom is 0.195 e. The van der Waals surface area contributed by atoms with Crippen LogP contribution in [0.15, 0.2) is 58.4 Å². The van der Waals surface area contributed by atoms with E-state index in [1.807, 2.05) is 32.0 Å². The molecule has 2 rings (SSSR count). The van der Waals surface area contributed by atoms with Gasteiger partial charge in [0.05, 0.1) is 24.4 Å². The second-order valence-corrected chi connectivity index (χ2v) is 8.28. The molecule has 0 saturated carbocycles. The maximum atomic E-state index is 12.3. The monoisotopic (exact) mass is 419 g/mol. The highest BCUT2D eigenvalue weighted by atomic mass is 32.2. The minimum Gasteiger partial charge on any atom is -0.493 e. The lowest BCUT2D eigenvalue weighted by Crippen LogP contribution is -2.30. The number of methoxy groups -OCH3 is 1. The summed E-state index contributed by atoms with van der Waals surface area (Å²) in [6.45, 7) is 5.51. The Morgan fingerprint density at radius 3 is 2.48 bits per heavy atom. The quantitative estimate of drug-likeness (QED) is 0.349. The Kier molecular flexibility index (Phi) is 8.79. The number of ether oxygens (including phenoxy) is 2. The molecule has 0 fully saturated rings. The van der Waals surface area contributed by atoms with E-state index in [2.05, 4.69) is 15.6 Å². The number of nitrogens with zero attached hydrogens (tertiary/aromatic N) is 1. The summed E-state index contributed by atoms with van der Waals surface area (Å²) in [6.07, 6.45) is 0.431. The van der Waals surface area contributed by atoms with Gasteiger partial charge < -0.3 is 20.1 Å². The molecule has 158 valence electrons. The Hall–Kier alpha value is -2.74. The fraction of sp³-hybridized carbons (Fsp3) is 0.381. The summed E-state index contributed by atoms with van der Waals surface area (Å²) in [7, 11) is -1.70. The fourth-order valence-electron chi connectivity index (χ4n) is 2.65. The summed E-state index contributed by atoms with van der Waals surface area (Å²) in [5, 5.41) is 6.36. The summed E-state index contributed by atoms with van der Waals surface area (Å²) in [4.78, 5) is 4.82. The van der Waals surface area contributed by atoms with Gasteiger partial charge in [0.2, 0.25) is 0 Å². The van der Waals surface area contributed by atoms with Crippen molar-refractivity contribution >= 4 is 21.5 Å². The molecule has 0 amide bonds. The van der Waals surface area contributed by atoms with Gasteiger partial charge in [0.15, 0.2) is 27.3 Å². The number of aliphatic imine (C=N–C) groups is 1. The molecule has 0 spiro atoms. The number of hydrogen-bond acceptors (Lipinski definition) is 5. The van der Waals surface area contributed by atoms with Crippen LogP contribution in [0.2, 0.25) is 0 Å². The minimum atomic E-state index is -3.29. The molecule has 2 aromatic carbocycles. The number of guanidine groups is 1. The molecule has 29 heavy (non-hydrogen) atoms. The van der Waals surface area contributed by atoms with Gasteiger partial charge in [-0.15, -0.1) is 0 Å². The lowest BCUT2D eigenvalue weighted by Gasteiger charge is -2.14. The van der Waals surface area contributed by atoms with Crippen LogP contribution in [0.25, 0.3) is 0 Å². The Bertz CT molecular complexity index is 899. The Morgan fingerprint density at radius 2 is 1.83 bits per heavy atom. The molecule has 0 radical (unpaired) electrons. The molecule has 0 aliphatic rings. The summed E-state index contributed by atoms with van der Waals surface area (Å²) < 4.78 is 35.6. The highest BCUT2D eigenvalue weighted by Gasteiger charge is 2.13. The third-order valence-electron chi connectivity index (χ3n) is 4.01. The van der Waals surface area contributed by atoms with Crippen molar-refractivity contribution in [3.05, 3.63) is 48.5 Å². The average molecular weight is 420 g/mol. The number of rotatable bonds is 10. The van der Waals surface area contributed by atoms with E-state index in [9.17, 15) is 8.42 Å². The van der Waals surface area contributed by atoms with Crippen molar-refractivity contribution in [1.82, 2.24) is 5.32 Å². The zero-order valence-electron chi connectivity index (χ0n) is 17.1. The van der Waals surface area contributed by atoms with E-state index >= 15 is 0 Å². The second kappa shape index (κ2) is 11.3. The van der Waals surface area contributed by atoms with Gasteiger partial charge in [-0.05, 0) is 44.5 Å². The first-order valence-electron chi connectivity index (χ1n) is 9.64. The molecule has 0 heterocycles. The van der Waals surface area contributed by atoms with Gasteiger partial charge in [-0.3, -0.25) is 4.99 Å². The molecule has 2 aromatic rings. The molecule has 7 nitrogen and oxygen atoms in total. The standard InChI is InChI=1S/C21H29N3O4S/c1-4-22-21(24-17-12-13-19(28-5-2)20(16-17)27-3)23-14-9-15-29(25,26)18-10-7-6-8-11-18/h6-8,10-13,16H,4-5,9,14-15H2,1-3H3,(H2,22,23,24). The van der Waals surface area contributed by atoms with Crippen molar-refractivity contribution in [3.63, 3.8) is 0 Å². The van der Waals surface area contributed by atoms with Crippen LogP contribution < -0.4 is 20.1 Å². The number of nitrogens with one attached hydrogen (secondary N) is 2. The van der Waals surface area contributed by atoms with Gasteiger partial charge in [-0.25, -0.2) is 8.42 Å². The maximum absolute atomic E-state index is 12.3.